The fourth-order valence-electron chi connectivity index (χ4n) is 2.76. The van der Waals surface area contributed by atoms with Gasteiger partial charge < -0.3 is 15.2 Å². The molecule has 0 amide bonds. The van der Waals surface area contributed by atoms with Crippen molar-refractivity contribution in [3.63, 3.8) is 0 Å². The highest BCUT2D eigenvalue weighted by atomic mass is 16.5. The molecule has 2 N–H and O–H groups in total. The third-order valence-electron chi connectivity index (χ3n) is 3.71. The first kappa shape index (κ1) is 14.3. The summed E-state index contributed by atoms with van der Waals surface area (Å²) in [6.07, 6.45) is 4.15. The van der Waals surface area contributed by atoms with Crippen LogP contribution in [-0.2, 0) is 6.54 Å². The Hall–Kier alpha value is -1.13. The summed E-state index contributed by atoms with van der Waals surface area (Å²) in [5.41, 5.74) is 1.98. The molecule has 0 radical (unpaired) electrons. The van der Waals surface area contributed by atoms with E-state index in [1.54, 1.807) is 7.11 Å². The molecule has 1 aliphatic carbocycles. The van der Waals surface area contributed by atoms with Gasteiger partial charge in [-0.2, -0.15) is 0 Å². The summed E-state index contributed by atoms with van der Waals surface area (Å²) in [4.78, 5) is 4.49. The van der Waals surface area contributed by atoms with Crippen LogP contribution < -0.4 is 10.1 Å². The Morgan fingerprint density at radius 1 is 1.42 bits per heavy atom. The van der Waals surface area contributed by atoms with Gasteiger partial charge in [-0.25, -0.2) is 0 Å². The van der Waals surface area contributed by atoms with Crippen molar-refractivity contribution in [1.82, 2.24) is 10.3 Å². The Morgan fingerprint density at radius 2 is 2.26 bits per heavy atom. The van der Waals surface area contributed by atoms with E-state index in [9.17, 15) is 5.11 Å². The molecule has 2 unspecified atom stereocenters. The molecule has 1 saturated carbocycles. The monoisotopic (exact) mass is 264 g/mol. The van der Waals surface area contributed by atoms with E-state index in [0.29, 0.717) is 5.92 Å². The summed E-state index contributed by atoms with van der Waals surface area (Å²) in [7, 11) is 1.68. The number of hydrogen-bond donors (Lipinski definition) is 2. The Labute approximate surface area is 115 Å². The highest BCUT2D eigenvalue weighted by molar-refractivity contribution is 5.26. The Balaban J connectivity index is 1.80. The Kier molecular flexibility index (Phi) is 5.16. The van der Waals surface area contributed by atoms with Crippen molar-refractivity contribution in [2.45, 2.75) is 45.3 Å². The van der Waals surface area contributed by atoms with E-state index in [4.69, 9.17) is 4.74 Å². The quantitative estimate of drug-likeness (QED) is 0.854. The molecule has 0 bridgehead atoms. The lowest BCUT2D eigenvalue weighted by atomic mass is 9.87. The van der Waals surface area contributed by atoms with Crippen molar-refractivity contribution in [3.8, 4) is 5.75 Å². The largest absolute Gasteiger partial charge is 0.497 e. The number of aryl methyl sites for hydroxylation is 1. The van der Waals surface area contributed by atoms with E-state index in [1.807, 2.05) is 19.1 Å². The zero-order chi connectivity index (χ0) is 13.7. The van der Waals surface area contributed by atoms with E-state index < -0.39 is 0 Å². The van der Waals surface area contributed by atoms with Gasteiger partial charge in [-0.15, -0.1) is 0 Å². The van der Waals surface area contributed by atoms with Crippen LogP contribution in [0.15, 0.2) is 12.1 Å². The first-order valence-corrected chi connectivity index (χ1v) is 7.07. The number of aliphatic hydroxyl groups is 1. The van der Waals surface area contributed by atoms with Crippen LogP contribution in [0.3, 0.4) is 0 Å². The number of hydrogen-bond acceptors (Lipinski definition) is 4. The zero-order valence-electron chi connectivity index (χ0n) is 11.9. The number of ether oxygens (including phenoxy) is 1. The highest BCUT2D eigenvalue weighted by Gasteiger charge is 2.19. The van der Waals surface area contributed by atoms with Crippen molar-refractivity contribution in [2.24, 2.45) is 5.92 Å². The van der Waals surface area contributed by atoms with Crippen LogP contribution in [0.4, 0.5) is 0 Å². The standard InChI is InChI=1S/C15H24N2O2/c1-11-6-15(19-2)8-13(17-11)10-16-9-12-4-3-5-14(18)7-12/h6,8,12,14,16,18H,3-5,7,9-10H2,1-2H3. The lowest BCUT2D eigenvalue weighted by Crippen LogP contribution is -2.29. The van der Waals surface area contributed by atoms with Gasteiger partial charge in [-0.3, -0.25) is 4.98 Å². The lowest BCUT2D eigenvalue weighted by molar-refractivity contribution is 0.101. The summed E-state index contributed by atoms with van der Waals surface area (Å²) >= 11 is 0. The summed E-state index contributed by atoms with van der Waals surface area (Å²) in [5, 5.41) is 13.1. The smallest absolute Gasteiger partial charge is 0.122 e. The molecule has 1 fully saturated rings. The fourth-order valence-corrected chi connectivity index (χ4v) is 2.76. The summed E-state index contributed by atoms with van der Waals surface area (Å²) in [6, 6.07) is 3.90. The predicted molar refractivity (Wildman–Crippen MR) is 75.2 cm³/mol. The second-order valence-electron chi connectivity index (χ2n) is 5.46. The minimum atomic E-state index is -0.0993. The fraction of sp³-hybridized carbons (Fsp3) is 0.667. The molecular formula is C15H24N2O2. The maximum atomic E-state index is 9.64. The van der Waals surface area contributed by atoms with Crippen LogP contribution >= 0.6 is 0 Å². The second kappa shape index (κ2) is 6.87. The third kappa shape index (κ3) is 4.48. The average molecular weight is 264 g/mol. The van der Waals surface area contributed by atoms with Gasteiger partial charge in [0, 0.05) is 24.4 Å². The highest BCUT2D eigenvalue weighted by Crippen LogP contribution is 2.23. The van der Waals surface area contributed by atoms with Crippen LogP contribution in [-0.4, -0.2) is 29.8 Å². The number of nitrogens with zero attached hydrogens (tertiary/aromatic N) is 1. The first-order valence-electron chi connectivity index (χ1n) is 7.07. The van der Waals surface area contributed by atoms with E-state index in [1.165, 1.54) is 6.42 Å². The molecule has 0 aromatic carbocycles. The number of aromatic nitrogens is 1. The maximum absolute atomic E-state index is 9.64. The van der Waals surface area contributed by atoms with Gasteiger partial charge in [0.2, 0.25) is 0 Å². The molecule has 2 rings (SSSR count). The summed E-state index contributed by atoms with van der Waals surface area (Å²) in [5.74, 6) is 1.45. The van der Waals surface area contributed by atoms with E-state index in [2.05, 4.69) is 10.3 Å². The van der Waals surface area contributed by atoms with Gasteiger partial charge >= 0.3 is 0 Å². The van der Waals surface area contributed by atoms with Gasteiger partial charge in [0.15, 0.2) is 0 Å². The average Bonchev–Trinajstić information content (AvgIpc) is 2.38. The molecule has 4 heteroatoms. The minimum Gasteiger partial charge on any atom is -0.497 e. The molecular weight excluding hydrogens is 240 g/mol. The number of aliphatic hydroxyl groups excluding tert-OH is 1. The zero-order valence-corrected chi connectivity index (χ0v) is 11.9. The van der Waals surface area contributed by atoms with Gasteiger partial charge in [-0.05, 0) is 38.6 Å². The summed E-state index contributed by atoms with van der Waals surface area (Å²) in [6.45, 7) is 3.68. The van der Waals surface area contributed by atoms with Crippen molar-refractivity contribution in [1.29, 1.82) is 0 Å². The number of pyridine rings is 1. The number of methoxy groups -OCH3 is 1. The van der Waals surface area contributed by atoms with Crippen LogP contribution in [0.25, 0.3) is 0 Å². The van der Waals surface area contributed by atoms with E-state index >= 15 is 0 Å². The van der Waals surface area contributed by atoms with Crippen LogP contribution in [0.1, 0.15) is 37.1 Å². The topological polar surface area (TPSA) is 54.4 Å². The Bertz CT molecular complexity index is 409. The van der Waals surface area contributed by atoms with Gasteiger partial charge in [-0.1, -0.05) is 6.42 Å². The minimum absolute atomic E-state index is 0.0993. The lowest BCUT2D eigenvalue weighted by Gasteiger charge is -2.25. The molecule has 0 aliphatic heterocycles. The van der Waals surface area contributed by atoms with Crippen molar-refractivity contribution in [3.05, 3.63) is 23.5 Å². The van der Waals surface area contributed by atoms with E-state index in [-0.39, 0.29) is 6.10 Å². The first-order chi connectivity index (χ1) is 9.17. The van der Waals surface area contributed by atoms with Crippen LogP contribution in [0.5, 0.6) is 5.75 Å². The normalized spacial score (nSPS) is 23.3. The maximum Gasteiger partial charge on any atom is 0.122 e. The molecule has 1 aromatic rings. The molecule has 1 heterocycles. The number of rotatable bonds is 5. The molecule has 0 spiro atoms. The second-order valence-corrected chi connectivity index (χ2v) is 5.46. The Morgan fingerprint density at radius 3 is 3.00 bits per heavy atom. The van der Waals surface area contributed by atoms with Crippen LogP contribution in [0.2, 0.25) is 0 Å². The van der Waals surface area contributed by atoms with Crippen molar-refractivity contribution >= 4 is 0 Å². The number of nitrogens with one attached hydrogen (secondary N) is 1. The van der Waals surface area contributed by atoms with Crippen molar-refractivity contribution in [2.75, 3.05) is 13.7 Å². The van der Waals surface area contributed by atoms with Crippen LogP contribution in [0, 0.1) is 12.8 Å². The van der Waals surface area contributed by atoms with Gasteiger partial charge in [0.1, 0.15) is 5.75 Å². The van der Waals surface area contributed by atoms with E-state index in [0.717, 1.165) is 49.5 Å². The molecule has 1 aliphatic rings. The third-order valence-corrected chi connectivity index (χ3v) is 3.71. The molecule has 19 heavy (non-hydrogen) atoms. The summed E-state index contributed by atoms with van der Waals surface area (Å²) < 4.78 is 5.25. The predicted octanol–water partition coefficient (Wildman–Crippen LogP) is 2.04. The SMILES string of the molecule is COc1cc(C)nc(CNCC2CCCC(O)C2)c1. The van der Waals surface area contributed by atoms with Gasteiger partial charge in [0.05, 0.1) is 18.9 Å². The molecule has 106 valence electrons. The van der Waals surface area contributed by atoms with Crippen molar-refractivity contribution < 1.29 is 9.84 Å². The molecule has 2 atom stereocenters. The molecule has 4 nitrogen and oxygen atoms in total. The van der Waals surface area contributed by atoms with Gasteiger partial charge in [0.25, 0.3) is 0 Å². The molecule has 1 aromatic heterocycles. The molecule has 0 saturated heterocycles.